The Labute approximate surface area is 183 Å². The topological polar surface area (TPSA) is 80.0 Å². The minimum Gasteiger partial charge on any atom is -0.493 e. The second-order valence-electron chi connectivity index (χ2n) is 7.58. The van der Waals surface area contributed by atoms with Crippen molar-refractivity contribution in [3.05, 3.63) is 65.4 Å². The smallest absolute Gasteiger partial charge is 0.303 e. The number of carboxylic acids is 1. The lowest BCUT2D eigenvalue weighted by Crippen LogP contribution is -2.15. The van der Waals surface area contributed by atoms with E-state index in [-0.39, 0.29) is 6.42 Å². The number of hydrogen-bond acceptors (Lipinski definition) is 4. The molecule has 166 valence electrons. The Kier molecular flexibility index (Phi) is 9.62. The molecule has 0 spiro atoms. The molecular weight excluding hydrogens is 394 g/mol. The summed E-state index contributed by atoms with van der Waals surface area (Å²) in [7, 11) is 1.72. The standard InChI is InChI=1S/C15H21NO4.C10H10O/c1-16(12-17)11-13-7-4-5-8-14(13)20-10-6-2-3-9-15(18)19;1-7-3-4-10-9(5-7)6-8(2)11-10/h4-5,7-8,12H,2-3,6,9-11H2,1H3,(H,18,19);3-6H,1-2H3. The minimum atomic E-state index is -0.756. The van der Waals surface area contributed by atoms with Crippen LogP contribution in [0.1, 0.15) is 42.6 Å². The van der Waals surface area contributed by atoms with E-state index in [0.717, 1.165) is 41.9 Å². The first-order chi connectivity index (χ1) is 14.9. The van der Waals surface area contributed by atoms with Crippen molar-refractivity contribution in [3.63, 3.8) is 0 Å². The summed E-state index contributed by atoms with van der Waals surface area (Å²) in [6.45, 7) is 5.12. The number of carboxylic acid groups (broad SMARTS) is 1. The van der Waals surface area contributed by atoms with Crippen LogP contribution in [-0.4, -0.2) is 36.0 Å². The number of nitrogens with zero attached hydrogens (tertiary/aromatic N) is 1. The highest BCUT2D eigenvalue weighted by atomic mass is 16.5. The third-order valence-corrected chi connectivity index (χ3v) is 4.66. The maximum atomic E-state index is 10.6. The molecule has 1 heterocycles. The molecule has 3 aromatic rings. The van der Waals surface area contributed by atoms with Crippen molar-refractivity contribution in [2.45, 2.75) is 46.1 Å². The SMILES string of the molecule is CN(C=O)Cc1ccccc1OCCCCCC(=O)O.Cc1ccc2oc(C)cc2c1. The first kappa shape index (κ1) is 24.0. The lowest BCUT2D eigenvalue weighted by Gasteiger charge is -2.15. The molecule has 1 aromatic heterocycles. The number of fused-ring (bicyclic) bond motifs is 1. The zero-order valence-corrected chi connectivity index (χ0v) is 18.5. The number of amides is 1. The molecule has 3 rings (SSSR count). The van der Waals surface area contributed by atoms with Crippen LogP contribution >= 0.6 is 0 Å². The van der Waals surface area contributed by atoms with Gasteiger partial charge in [0.15, 0.2) is 0 Å². The Hall–Kier alpha value is -3.28. The summed E-state index contributed by atoms with van der Waals surface area (Å²) in [5, 5.41) is 9.72. The summed E-state index contributed by atoms with van der Waals surface area (Å²) in [5.41, 5.74) is 3.22. The quantitative estimate of drug-likeness (QED) is 0.350. The van der Waals surface area contributed by atoms with E-state index in [1.807, 2.05) is 37.3 Å². The first-order valence-corrected chi connectivity index (χ1v) is 10.4. The van der Waals surface area contributed by atoms with Crippen molar-refractivity contribution in [1.82, 2.24) is 4.90 Å². The van der Waals surface area contributed by atoms with E-state index in [1.165, 1.54) is 10.9 Å². The van der Waals surface area contributed by atoms with Crippen LogP contribution in [0.15, 0.2) is 52.9 Å². The molecule has 0 unspecified atom stereocenters. The number of benzene rings is 2. The molecule has 6 heteroatoms. The molecule has 1 amide bonds. The molecule has 0 saturated carbocycles. The molecule has 31 heavy (non-hydrogen) atoms. The summed E-state index contributed by atoms with van der Waals surface area (Å²) in [4.78, 5) is 22.6. The minimum absolute atomic E-state index is 0.209. The Bertz CT molecular complexity index is 979. The van der Waals surface area contributed by atoms with Crippen LogP contribution in [-0.2, 0) is 16.1 Å². The molecule has 2 aromatic carbocycles. The molecule has 0 radical (unpaired) electrons. The summed E-state index contributed by atoms with van der Waals surface area (Å²) in [6.07, 6.45) is 3.32. The van der Waals surface area contributed by atoms with Crippen molar-refractivity contribution in [3.8, 4) is 5.75 Å². The van der Waals surface area contributed by atoms with Crippen LogP contribution in [0, 0.1) is 13.8 Å². The molecular formula is C25H31NO5. The van der Waals surface area contributed by atoms with Crippen molar-refractivity contribution in [1.29, 1.82) is 0 Å². The largest absolute Gasteiger partial charge is 0.493 e. The van der Waals surface area contributed by atoms with Crippen LogP contribution in [0.2, 0.25) is 0 Å². The van der Waals surface area contributed by atoms with Gasteiger partial charge in [-0.25, -0.2) is 0 Å². The average Bonchev–Trinajstić information content (AvgIpc) is 3.11. The molecule has 0 atom stereocenters. The average molecular weight is 426 g/mol. The number of aliphatic carboxylic acids is 1. The van der Waals surface area contributed by atoms with Gasteiger partial charge in [-0.05, 0) is 57.4 Å². The highest BCUT2D eigenvalue weighted by molar-refractivity contribution is 5.78. The fraction of sp³-hybridized carbons (Fsp3) is 0.360. The van der Waals surface area contributed by atoms with Crippen LogP contribution < -0.4 is 4.74 Å². The van der Waals surface area contributed by atoms with E-state index >= 15 is 0 Å². The van der Waals surface area contributed by atoms with Gasteiger partial charge in [-0.2, -0.15) is 0 Å². The molecule has 0 aliphatic carbocycles. The molecule has 0 bridgehead atoms. The van der Waals surface area contributed by atoms with Crippen LogP contribution in [0.5, 0.6) is 5.75 Å². The van der Waals surface area contributed by atoms with E-state index in [1.54, 1.807) is 11.9 Å². The summed E-state index contributed by atoms with van der Waals surface area (Å²) in [5.74, 6) is 0.998. The third kappa shape index (κ3) is 8.54. The first-order valence-electron chi connectivity index (χ1n) is 10.4. The Balaban J connectivity index is 0.000000258. The Morgan fingerprint density at radius 3 is 2.61 bits per heavy atom. The fourth-order valence-electron chi connectivity index (χ4n) is 3.11. The molecule has 0 saturated heterocycles. The number of carbonyl (C=O) groups is 2. The fourth-order valence-corrected chi connectivity index (χ4v) is 3.11. The Morgan fingerprint density at radius 1 is 1.10 bits per heavy atom. The zero-order chi connectivity index (χ0) is 22.6. The Morgan fingerprint density at radius 2 is 1.87 bits per heavy atom. The summed E-state index contributed by atoms with van der Waals surface area (Å²) in [6, 6.07) is 15.9. The van der Waals surface area contributed by atoms with E-state index in [4.69, 9.17) is 14.3 Å². The number of rotatable bonds is 10. The van der Waals surface area contributed by atoms with Crippen LogP contribution in [0.4, 0.5) is 0 Å². The molecule has 0 fully saturated rings. The highest BCUT2D eigenvalue weighted by Gasteiger charge is 2.05. The van der Waals surface area contributed by atoms with E-state index in [0.29, 0.717) is 19.6 Å². The van der Waals surface area contributed by atoms with Crippen LogP contribution in [0.3, 0.4) is 0 Å². The second-order valence-corrected chi connectivity index (χ2v) is 7.58. The van der Waals surface area contributed by atoms with Gasteiger partial charge in [0.25, 0.3) is 0 Å². The van der Waals surface area contributed by atoms with E-state index in [9.17, 15) is 9.59 Å². The number of furan rings is 1. The number of unbranched alkanes of at least 4 members (excludes halogenated alkanes) is 2. The summed E-state index contributed by atoms with van der Waals surface area (Å²) < 4.78 is 11.1. The van der Waals surface area contributed by atoms with Crippen molar-refractivity contribution in [2.75, 3.05) is 13.7 Å². The van der Waals surface area contributed by atoms with Crippen molar-refractivity contribution >= 4 is 23.3 Å². The summed E-state index contributed by atoms with van der Waals surface area (Å²) >= 11 is 0. The third-order valence-electron chi connectivity index (χ3n) is 4.66. The van der Waals surface area contributed by atoms with Gasteiger partial charge in [-0.1, -0.05) is 29.8 Å². The van der Waals surface area contributed by atoms with Gasteiger partial charge in [0.05, 0.1) is 6.61 Å². The van der Waals surface area contributed by atoms with E-state index in [2.05, 4.69) is 25.1 Å². The number of aryl methyl sites for hydroxylation is 2. The van der Waals surface area contributed by atoms with E-state index < -0.39 is 5.97 Å². The lowest BCUT2D eigenvalue weighted by atomic mass is 10.2. The monoisotopic (exact) mass is 425 g/mol. The second kappa shape index (κ2) is 12.4. The lowest BCUT2D eigenvalue weighted by molar-refractivity contribution is -0.137. The zero-order valence-electron chi connectivity index (χ0n) is 18.5. The van der Waals surface area contributed by atoms with Gasteiger partial charge in [-0.15, -0.1) is 0 Å². The van der Waals surface area contributed by atoms with Crippen molar-refractivity contribution in [2.24, 2.45) is 0 Å². The molecule has 6 nitrogen and oxygen atoms in total. The molecule has 0 aliphatic rings. The highest BCUT2D eigenvalue weighted by Crippen LogP contribution is 2.20. The van der Waals surface area contributed by atoms with Gasteiger partial charge >= 0.3 is 5.97 Å². The normalized spacial score (nSPS) is 10.3. The number of para-hydroxylation sites is 1. The van der Waals surface area contributed by atoms with Crippen LogP contribution in [0.25, 0.3) is 11.0 Å². The number of ether oxygens (including phenoxy) is 1. The van der Waals surface area contributed by atoms with Gasteiger partial charge in [-0.3, -0.25) is 9.59 Å². The maximum Gasteiger partial charge on any atom is 0.303 e. The number of carbonyl (C=O) groups excluding carboxylic acids is 1. The molecule has 0 aliphatic heterocycles. The predicted octanol–water partition coefficient (Wildman–Crippen LogP) is 5.35. The van der Waals surface area contributed by atoms with Gasteiger partial charge in [0, 0.05) is 31.0 Å². The van der Waals surface area contributed by atoms with Crippen molar-refractivity contribution < 1.29 is 23.8 Å². The maximum absolute atomic E-state index is 10.6. The van der Waals surface area contributed by atoms with Gasteiger partial charge in [0.2, 0.25) is 6.41 Å². The number of hydrogen-bond donors (Lipinski definition) is 1. The predicted molar refractivity (Wildman–Crippen MR) is 121 cm³/mol. The van der Waals surface area contributed by atoms with Gasteiger partial charge in [0.1, 0.15) is 17.1 Å². The molecule has 1 N–H and O–H groups in total. The van der Waals surface area contributed by atoms with Gasteiger partial charge < -0.3 is 19.2 Å².